The van der Waals surface area contributed by atoms with Crippen LogP contribution in [0.5, 0.6) is 0 Å². The molecule has 0 aliphatic rings. The molecule has 0 aliphatic heterocycles. The highest BCUT2D eigenvalue weighted by molar-refractivity contribution is 6.29. The molecule has 1 rings (SSSR count). The molecule has 0 N–H and O–H groups in total. The number of halogens is 1. The lowest BCUT2D eigenvalue weighted by Crippen LogP contribution is -2.41. The maximum Gasteiger partial charge on any atom is 0.325 e. The van der Waals surface area contributed by atoms with Crippen molar-refractivity contribution in [3.05, 3.63) is 23.2 Å². The maximum atomic E-state index is 12.1. The van der Waals surface area contributed by atoms with Crippen LogP contribution in [-0.4, -0.2) is 46.4 Å². The molecule has 0 saturated heterocycles. The summed E-state index contributed by atoms with van der Waals surface area (Å²) in [5, 5.41) is 0.127. The van der Waals surface area contributed by atoms with Crippen LogP contribution in [0.3, 0.4) is 0 Å². The number of ether oxygens (including phenoxy) is 1. The van der Waals surface area contributed by atoms with Crippen molar-refractivity contribution in [3.63, 3.8) is 0 Å². The molecule has 0 radical (unpaired) electrons. The number of carbonyl (C=O) groups is 2. The fraction of sp³-hybridized carbons (Fsp3) is 0.455. The Morgan fingerprint density at radius 2 is 2.11 bits per heavy atom. The third-order valence-corrected chi connectivity index (χ3v) is 2.42. The Kier molecular flexibility index (Phi) is 5.03. The number of carbonyl (C=O) groups excluding carboxylic acids is 2. The van der Waals surface area contributed by atoms with Gasteiger partial charge in [-0.15, -0.1) is 0 Å². The second-order valence-corrected chi connectivity index (χ2v) is 4.22. The molecule has 1 aromatic heterocycles. The fourth-order valence-corrected chi connectivity index (χ4v) is 1.43. The summed E-state index contributed by atoms with van der Waals surface area (Å²) in [4.78, 5) is 32.4. The molecule has 1 heterocycles. The zero-order valence-corrected chi connectivity index (χ0v) is 11.1. The molecule has 18 heavy (non-hydrogen) atoms. The van der Waals surface area contributed by atoms with Crippen molar-refractivity contribution in [1.29, 1.82) is 0 Å². The van der Waals surface area contributed by atoms with Crippen LogP contribution in [0.1, 0.15) is 24.3 Å². The Bertz CT molecular complexity index is 451. The predicted molar refractivity (Wildman–Crippen MR) is 65.2 cm³/mol. The van der Waals surface area contributed by atoms with E-state index in [-0.39, 0.29) is 23.4 Å². The Balaban J connectivity index is 2.93. The van der Waals surface area contributed by atoms with Gasteiger partial charge in [0, 0.05) is 6.04 Å². The Morgan fingerprint density at radius 3 is 2.61 bits per heavy atom. The third-order valence-electron chi connectivity index (χ3n) is 2.24. The van der Waals surface area contributed by atoms with E-state index in [4.69, 9.17) is 11.6 Å². The Morgan fingerprint density at radius 1 is 1.44 bits per heavy atom. The number of hydrogen-bond donors (Lipinski definition) is 0. The molecule has 0 saturated carbocycles. The highest BCUT2D eigenvalue weighted by Gasteiger charge is 2.23. The van der Waals surface area contributed by atoms with Gasteiger partial charge in [-0.3, -0.25) is 14.6 Å². The van der Waals surface area contributed by atoms with Crippen molar-refractivity contribution in [2.45, 2.75) is 19.9 Å². The number of rotatable bonds is 4. The maximum absolute atomic E-state index is 12.1. The highest BCUT2D eigenvalue weighted by Crippen LogP contribution is 2.08. The van der Waals surface area contributed by atoms with E-state index in [1.165, 1.54) is 24.4 Å². The standard InChI is InChI=1S/C11H14ClN3O3/c1-7(2)15(6-10(16)18-3)11(17)8-4-13-5-9(12)14-8/h4-5,7H,6H2,1-3H3. The van der Waals surface area contributed by atoms with Gasteiger partial charge in [0.25, 0.3) is 5.91 Å². The summed E-state index contributed by atoms with van der Waals surface area (Å²) < 4.78 is 4.55. The molecule has 1 amide bonds. The molecule has 0 bridgehead atoms. The minimum absolute atomic E-state index is 0.0973. The van der Waals surface area contributed by atoms with E-state index < -0.39 is 11.9 Å². The van der Waals surface area contributed by atoms with Gasteiger partial charge in [0.15, 0.2) is 0 Å². The molecule has 0 atom stereocenters. The minimum Gasteiger partial charge on any atom is -0.468 e. The summed E-state index contributed by atoms with van der Waals surface area (Å²) in [7, 11) is 1.27. The Labute approximate surface area is 110 Å². The summed E-state index contributed by atoms with van der Waals surface area (Å²) >= 11 is 5.67. The molecule has 0 spiro atoms. The smallest absolute Gasteiger partial charge is 0.325 e. The predicted octanol–water partition coefficient (Wildman–Crippen LogP) is 1.15. The number of hydrogen-bond acceptors (Lipinski definition) is 5. The topological polar surface area (TPSA) is 72.4 Å². The van der Waals surface area contributed by atoms with Crippen molar-refractivity contribution >= 4 is 23.5 Å². The van der Waals surface area contributed by atoms with Crippen LogP contribution < -0.4 is 0 Å². The van der Waals surface area contributed by atoms with Gasteiger partial charge in [-0.2, -0.15) is 0 Å². The molecule has 0 unspecified atom stereocenters. The van der Waals surface area contributed by atoms with Crippen molar-refractivity contribution < 1.29 is 14.3 Å². The molecular weight excluding hydrogens is 258 g/mol. The van der Waals surface area contributed by atoms with Gasteiger partial charge < -0.3 is 9.64 Å². The average Bonchev–Trinajstić information content (AvgIpc) is 2.34. The van der Waals surface area contributed by atoms with E-state index in [1.54, 1.807) is 13.8 Å². The first-order chi connectivity index (χ1) is 8.45. The van der Waals surface area contributed by atoms with Crippen molar-refractivity contribution in [3.8, 4) is 0 Å². The number of nitrogens with zero attached hydrogens (tertiary/aromatic N) is 3. The van der Waals surface area contributed by atoms with E-state index in [2.05, 4.69) is 14.7 Å². The van der Waals surface area contributed by atoms with E-state index in [0.29, 0.717) is 0 Å². The zero-order chi connectivity index (χ0) is 13.7. The van der Waals surface area contributed by atoms with Crippen LogP contribution >= 0.6 is 11.6 Å². The zero-order valence-electron chi connectivity index (χ0n) is 10.4. The lowest BCUT2D eigenvalue weighted by Gasteiger charge is -2.24. The fourth-order valence-electron chi connectivity index (χ4n) is 1.28. The largest absolute Gasteiger partial charge is 0.468 e. The lowest BCUT2D eigenvalue weighted by atomic mass is 10.2. The van der Waals surface area contributed by atoms with Gasteiger partial charge in [0.2, 0.25) is 0 Å². The number of esters is 1. The number of aromatic nitrogens is 2. The van der Waals surface area contributed by atoms with Crippen LogP contribution in [0.4, 0.5) is 0 Å². The van der Waals surface area contributed by atoms with Gasteiger partial charge in [0.05, 0.1) is 19.5 Å². The quantitative estimate of drug-likeness (QED) is 0.768. The van der Waals surface area contributed by atoms with E-state index in [0.717, 1.165) is 0 Å². The SMILES string of the molecule is COC(=O)CN(C(=O)c1cncc(Cl)n1)C(C)C. The van der Waals surface area contributed by atoms with Crippen molar-refractivity contribution in [2.24, 2.45) is 0 Å². The minimum atomic E-state index is -0.493. The first kappa shape index (κ1) is 14.4. The van der Waals surface area contributed by atoms with Crippen LogP contribution in [0, 0.1) is 0 Å². The summed E-state index contributed by atoms with van der Waals surface area (Å²) in [5.41, 5.74) is 0.0973. The average molecular weight is 272 g/mol. The number of amides is 1. The van der Waals surface area contributed by atoms with E-state index in [9.17, 15) is 9.59 Å². The summed E-state index contributed by atoms with van der Waals surface area (Å²) in [6.45, 7) is 3.44. The molecule has 7 heteroatoms. The molecular formula is C11H14ClN3O3. The van der Waals surface area contributed by atoms with Crippen LogP contribution in [0.25, 0.3) is 0 Å². The highest BCUT2D eigenvalue weighted by atomic mass is 35.5. The van der Waals surface area contributed by atoms with Gasteiger partial charge in [-0.1, -0.05) is 11.6 Å². The molecule has 1 aromatic rings. The second-order valence-electron chi connectivity index (χ2n) is 3.83. The van der Waals surface area contributed by atoms with Crippen molar-refractivity contribution in [1.82, 2.24) is 14.9 Å². The van der Waals surface area contributed by atoms with Crippen molar-refractivity contribution in [2.75, 3.05) is 13.7 Å². The van der Waals surface area contributed by atoms with Gasteiger partial charge in [0.1, 0.15) is 17.4 Å². The summed E-state index contributed by atoms with van der Waals surface area (Å²) in [5.74, 6) is -0.905. The molecule has 0 fully saturated rings. The van der Waals surface area contributed by atoms with Crippen LogP contribution in [-0.2, 0) is 9.53 Å². The third kappa shape index (κ3) is 3.66. The molecule has 0 aliphatic carbocycles. The summed E-state index contributed by atoms with van der Waals surface area (Å²) in [6, 6.07) is -0.169. The molecule has 0 aromatic carbocycles. The van der Waals surface area contributed by atoms with Crippen LogP contribution in [0.15, 0.2) is 12.4 Å². The first-order valence-electron chi connectivity index (χ1n) is 5.31. The monoisotopic (exact) mass is 271 g/mol. The van der Waals surface area contributed by atoms with Gasteiger partial charge >= 0.3 is 5.97 Å². The van der Waals surface area contributed by atoms with E-state index >= 15 is 0 Å². The second kappa shape index (κ2) is 6.30. The lowest BCUT2D eigenvalue weighted by molar-refractivity contribution is -0.141. The van der Waals surface area contributed by atoms with Gasteiger partial charge in [-0.25, -0.2) is 4.98 Å². The normalized spacial score (nSPS) is 10.3. The number of methoxy groups -OCH3 is 1. The first-order valence-corrected chi connectivity index (χ1v) is 5.68. The Hall–Kier alpha value is -1.69. The summed E-state index contributed by atoms with van der Waals surface area (Å²) in [6.07, 6.45) is 2.64. The van der Waals surface area contributed by atoms with Crippen LogP contribution in [0.2, 0.25) is 5.15 Å². The molecule has 98 valence electrons. The van der Waals surface area contributed by atoms with E-state index in [1.807, 2.05) is 0 Å². The molecule has 6 nitrogen and oxygen atoms in total. The van der Waals surface area contributed by atoms with Gasteiger partial charge in [-0.05, 0) is 13.8 Å².